The van der Waals surface area contributed by atoms with Crippen LogP contribution in [0.3, 0.4) is 0 Å². The fourth-order valence-electron chi connectivity index (χ4n) is 1.07. The van der Waals surface area contributed by atoms with Crippen LogP contribution in [0.25, 0.3) is 0 Å². The summed E-state index contributed by atoms with van der Waals surface area (Å²) in [4.78, 5) is 4.28. The van der Waals surface area contributed by atoms with E-state index in [-0.39, 0.29) is 0 Å². The summed E-state index contributed by atoms with van der Waals surface area (Å²) < 4.78 is 0.904. The molecule has 2 rings (SSSR count). The molecule has 0 saturated carbocycles. The van der Waals surface area contributed by atoms with Crippen molar-refractivity contribution >= 4 is 23.1 Å². The van der Waals surface area contributed by atoms with Gasteiger partial charge in [-0.15, -0.1) is 10.2 Å². The Hall–Kier alpha value is -0.980. The summed E-state index contributed by atoms with van der Waals surface area (Å²) >= 11 is 3.08. The molecule has 2 N–H and O–H groups in total. The van der Waals surface area contributed by atoms with Gasteiger partial charge in [-0.2, -0.15) is 0 Å². The molecule has 2 heterocycles. The van der Waals surface area contributed by atoms with Crippen LogP contribution >= 0.6 is 23.1 Å². The number of nitrogens with two attached hydrogens (primary N) is 1. The fourth-order valence-corrected chi connectivity index (χ4v) is 2.90. The average Bonchev–Trinajstić information content (AvgIpc) is 2.65. The summed E-state index contributed by atoms with van der Waals surface area (Å²) in [5, 5.41) is 9.87. The van der Waals surface area contributed by atoms with Crippen LogP contribution in [0.2, 0.25) is 0 Å². The number of pyridine rings is 1. The van der Waals surface area contributed by atoms with Crippen molar-refractivity contribution in [3.05, 3.63) is 28.9 Å². The van der Waals surface area contributed by atoms with Crippen molar-refractivity contribution in [3.63, 3.8) is 0 Å². The van der Waals surface area contributed by atoms with Gasteiger partial charge in [-0.25, -0.2) is 4.98 Å². The molecule has 0 aliphatic heterocycles. The quantitative estimate of drug-likeness (QED) is 0.884. The predicted molar refractivity (Wildman–Crippen MR) is 60.9 cm³/mol. The van der Waals surface area contributed by atoms with Crippen LogP contribution in [0.15, 0.2) is 27.7 Å². The molecule has 0 fully saturated rings. The van der Waals surface area contributed by atoms with Gasteiger partial charge < -0.3 is 5.73 Å². The van der Waals surface area contributed by atoms with E-state index < -0.39 is 0 Å². The van der Waals surface area contributed by atoms with Crippen LogP contribution in [-0.4, -0.2) is 15.2 Å². The molecule has 6 heteroatoms. The fraction of sp³-hybridized carbons (Fsp3) is 0.222. The second-order valence-electron chi connectivity index (χ2n) is 2.86. The van der Waals surface area contributed by atoms with Gasteiger partial charge in [0.1, 0.15) is 10.0 Å². The lowest BCUT2D eigenvalue weighted by atomic mass is 10.3. The lowest BCUT2D eigenvalue weighted by Crippen LogP contribution is -1.99. The summed E-state index contributed by atoms with van der Waals surface area (Å²) in [5.41, 5.74) is 6.66. The second-order valence-corrected chi connectivity index (χ2v) is 5.28. The van der Waals surface area contributed by atoms with Gasteiger partial charge in [-0.05, 0) is 30.3 Å². The van der Waals surface area contributed by atoms with E-state index in [2.05, 4.69) is 15.2 Å². The Morgan fingerprint density at radius 2 is 2.33 bits per heavy atom. The van der Waals surface area contributed by atoms with Gasteiger partial charge in [0.2, 0.25) is 0 Å². The largest absolute Gasteiger partial charge is 0.326 e. The number of rotatable bonds is 3. The first-order chi connectivity index (χ1) is 7.29. The Labute approximate surface area is 95.9 Å². The van der Waals surface area contributed by atoms with Crippen molar-refractivity contribution < 1.29 is 0 Å². The monoisotopic (exact) mass is 238 g/mol. The third-order valence-electron chi connectivity index (χ3n) is 1.76. The highest BCUT2D eigenvalue weighted by atomic mass is 32.2. The third kappa shape index (κ3) is 2.53. The number of hydrogen-bond donors (Lipinski definition) is 1. The molecule has 15 heavy (non-hydrogen) atoms. The van der Waals surface area contributed by atoms with Crippen molar-refractivity contribution in [1.82, 2.24) is 15.2 Å². The molecule has 0 saturated heterocycles. The smallest absolute Gasteiger partial charge is 0.180 e. The van der Waals surface area contributed by atoms with Crippen LogP contribution in [-0.2, 0) is 6.54 Å². The molecule has 4 nitrogen and oxygen atoms in total. The van der Waals surface area contributed by atoms with E-state index in [4.69, 9.17) is 5.73 Å². The molecule has 0 spiro atoms. The summed E-state index contributed by atoms with van der Waals surface area (Å²) in [6.07, 6.45) is 1.76. The highest BCUT2D eigenvalue weighted by molar-refractivity contribution is 8.01. The molecule has 0 aliphatic carbocycles. The predicted octanol–water partition coefficient (Wildman–Crippen LogP) is 1.85. The van der Waals surface area contributed by atoms with Crippen LogP contribution in [0, 0.1) is 6.92 Å². The van der Waals surface area contributed by atoms with Gasteiger partial charge in [-0.1, -0.05) is 17.4 Å². The maximum atomic E-state index is 5.62. The standard InChI is InChI=1S/C9H10N4S2/c1-6-12-13-9(14-6)15-8-7(5-10)3-2-4-11-8/h2-4H,5,10H2,1H3. The van der Waals surface area contributed by atoms with Gasteiger partial charge >= 0.3 is 0 Å². The van der Waals surface area contributed by atoms with E-state index in [1.54, 1.807) is 17.5 Å². The van der Waals surface area contributed by atoms with Gasteiger partial charge in [0.25, 0.3) is 0 Å². The molecule has 0 radical (unpaired) electrons. The zero-order valence-corrected chi connectivity index (χ0v) is 9.81. The normalized spacial score (nSPS) is 10.5. The zero-order chi connectivity index (χ0) is 10.7. The van der Waals surface area contributed by atoms with Crippen LogP contribution in [0.1, 0.15) is 10.6 Å². The van der Waals surface area contributed by atoms with Gasteiger partial charge in [0.05, 0.1) is 0 Å². The highest BCUT2D eigenvalue weighted by Gasteiger charge is 2.07. The molecule has 0 unspecified atom stereocenters. The summed E-state index contributed by atoms with van der Waals surface area (Å²) in [5.74, 6) is 0. The minimum atomic E-state index is 0.494. The number of hydrogen-bond acceptors (Lipinski definition) is 6. The van der Waals surface area contributed by atoms with Crippen LogP contribution < -0.4 is 5.73 Å². The third-order valence-corrected chi connectivity index (χ3v) is 3.71. The number of aryl methyl sites for hydroxylation is 1. The first-order valence-corrected chi connectivity index (χ1v) is 6.05. The Morgan fingerprint density at radius 1 is 1.47 bits per heavy atom. The molecular weight excluding hydrogens is 228 g/mol. The summed E-state index contributed by atoms with van der Waals surface area (Å²) in [6.45, 7) is 2.43. The average molecular weight is 238 g/mol. The lowest BCUT2D eigenvalue weighted by Gasteiger charge is -2.02. The first kappa shape index (κ1) is 10.5. The highest BCUT2D eigenvalue weighted by Crippen LogP contribution is 2.30. The Bertz CT molecular complexity index is 455. The maximum Gasteiger partial charge on any atom is 0.180 e. The van der Waals surface area contributed by atoms with Crippen molar-refractivity contribution in [2.24, 2.45) is 5.73 Å². The van der Waals surface area contributed by atoms with Gasteiger partial charge in [0.15, 0.2) is 4.34 Å². The topological polar surface area (TPSA) is 64.7 Å². The molecule has 0 amide bonds. The van der Waals surface area contributed by atoms with Crippen LogP contribution in [0.4, 0.5) is 0 Å². The van der Waals surface area contributed by atoms with E-state index in [0.717, 1.165) is 19.9 Å². The number of nitrogens with zero attached hydrogens (tertiary/aromatic N) is 3. The first-order valence-electron chi connectivity index (χ1n) is 4.41. The van der Waals surface area contributed by atoms with E-state index in [9.17, 15) is 0 Å². The number of aromatic nitrogens is 3. The van der Waals surface area contributed by atoms with Crippen molar-refractivity contribution in [1.29, 1.82) is 0 Å². The molecular formula is C9H10N4S2. The van der Waals surface area contributed by atoms with Crippen molar-refractivity contribution in [2.45, 2.75) is 22.8 Å². The van der Waals surface area contributed by atoms with Crippen LogP contribution in [0.5, 0.6) is 0 Å². The summed E-state index contributed by atoms with van der Waals surface area (Å²) in [7, 11) is 0. The van der Waals surface area contributed by atoms with E-state index in [1.807, 2.05) is 19.1 Å². The molecule has 2 aromatic heterocycles. The Morgan fingerprint density at radius 3 is 3.00 bits per heavy atom. The minimum absolute atomic E-state index is 0.494. The second kappa shape index (κ2) is 4.69. The van der Waals surface area contributed by atoms with E-state index in [1.165, 1.54) is 11.8 Å². The van der Waals surface area contributed by atoms with Gasteiger partial charge in [0, 0.05) is 12.7 Å². The zero-order valence-electron chi connectivity index (χ0n) is 8.17. The maximum absolute atomic E-state index is 5.62. The summed E-state index contributed by atoms with van der Waals surface area (Å²) in [6, 6.07) is 3.86. The molecule has 0 aliphatic rings. The molecule has 0 atom stereocenters. The molecule has 0 bridgehead atoms. The van der Waals surface area contributed by atoms with Gasteiger partial charge in [-0.3, -0.25) is 0 Å². The Balaban J connectivity index is 2.23. The Kier molecular flexibility index (Phi) is 3.30. The molecule has 78 valence electrons. The SMILES string of the molecule is Cc1nnc(Sc2ncccc2CN)s1. The lowest BCUT2D eigenvalue weighted by molar-refractivity contribution is 0.951. The van der Waals surface area contributed by atoms with E-state index >= 15 is 0 Å². The van der Waals surface area contributed by atoms with E-state index in [0.29, 0.717) is 6.54 Å². The van der Waals surface area contributed by atoms with Crippen molar-refractivity contribution in [2.75, 3.05) is 0 Å². The van der Waals surface area contributed by atoms with Crippen molar-refractivity contribution in [3.8, 4) is 0 Å². The molecule has 0 aromatic carbocycles. The minimum Gasteiger partial charge on any atom is -0.326 e. The molecule has 2 aromatic rings.